The highest BCUT2D eigenvalue weighted by atomic mass is 16.5. The van der Waals surface area contributed by atoms with Crippen molar-refractivity contribution in [2.45, 2.75) is 45.2 Å². The zero-order valence-corrected chi connectivity index (χ0v) is 18.9. The molecule has 1 unspecified atom stereocenters. The van der Waals surface area contributed by atoms with E-state index in [1.54, 1.807) is 18.2 Å². The topological polar surface area (TPSA) is 126 Å². The summed E-state index contributed by atoms with van der Waals surface area (Å²) in [5.41, 5.74) is 1.54. The van der Waals surface area contributed by atoms with Crippen molar-refractivity contribution in [3.05, 3.63) is 41.2 Å². The Labute approximate surface area is 192 Å². The third kappa shape index (κ3) is 5.24. The molecule has 1 aromatic rings. The van der Waals surface area contributed by atoms with Gasteiger partial charge in [0.25, 0.3) is 11.7 Å². The number of rotatable bonds is 7. The van der Waals surface area contributed by atoms with Crippen LogP contribution < -0.4 is 10.1 Å². The van der Waals surface area contributed by atoms with E-state index in [4.69, 9.17) is 15.3 Å². The average molecular weight is 456 g/mol. The lowest BCUT2D eigenvalue weighted by atomic mass is 9.99. The van der Waals surface area contributed by atoms with E-state index >= 15 is 0 Å². The monoisotopic (exact) mass is 455 g/mol. The maximum Gasteiger partial charge on any atom is 0.269 e. The number of benzene rings is 1. The number of carbonyl (C=O) groups excluding carboxylic acids is 3. The van der Waals surface area contributed by atoms with Gasteiger partial charge in [-0.25, -0.2) is 0 Å². The largest absolute Gasteiger partial charge is 0.594 e. The molecule has 9 nitrogen and oxygen atoms in total. The van der Waals surface area contributed by atoms with Crippen LogP contribution in [0.4, 0.5) is 0 Å². The Bertz CT molecular complexity index is 997. The molecule has 2 fully saturated rings. The first-order valence-corrected chi connectivity index (χ1v) is 11.4. The van der Waals surface area contributed by atoms with Crippen molar-refractivity contribution in [2.75, 3.05) is 26.2 Å². The van der Waals surface area contributed by atoms with Crippen molar-refractivity contribution in [1.82, 2.24) is 15.1 Å². The minimum Gasteiger partial charge on any atom is -0.594 e. The summed E-state index contributed by atoms with van der Waals surface area (Å²) in [6.45, 7) is 4.95. The molecule has 0 radical (unpaired) electrons. The Morgan fingerprint density at radius 2 is 2.00 bits per heavy atom. The minimum absolute atomic E-state index is 0.0114. The number of nitrogens with zero attached hydrogens (tertiary/aromatic N) is 2. The molecule has 0 bridgehead atoms. The second-order valence-corrected chi connectivity index (χ2v) is 9.12. The summed E-state index contributed by atoms with van der Waals surface area (Å²) in [6, 6.07) is 4.48. The number of amides is 3. The third-order valence-electron chi connectivity index (χ3n) is 6.54. The first kappa shape index (κ1) is 23.0. The summed E-state index contributed by atoms with van der Waals surface area (Å²) in [7, 11) is 0. The molecule has 176 valence electrons. The number of fused-ring (bicyclic) bond motifs is 1. The van der Waals surface area contributed by atoms with Crippen molar-refractivity contribution >= 4 is 23.4 Å². The molecule has 0 spiro atoms. The molecule has 9 heteroatoms. The fourth-order valence-electron chi connectivity index (χ4n) is 4.61. The Morgan fingerprint density at radius 3 is 2.73 bits per heavy atom. The van der Waals surface area contributed by atoms with Gasteiger partial charge in [0, 0.05) is 24.1 Å². The second-order valence-electron chi connectivity index (χ2n) is 9.12. The number of hydrogen-bond donors (Lipinski definition) is 2. The van der Waals surface area contributed by atoms with Gasteiger partial charge in [-0.05, 0) is 50.4 Å². The molecule has 0 aromatic heterocycles. The summed E-state index contributed by atoms with van der Waals surface area (Å²) in [4.78, 5) is 40.3. The summed E-state index contributed by atoms with van der Waals surface area (Å²) in [5, 5.41) is 18.7. The Kier molecular flexibility index (Phi) is 6.78. The van der Waals surface area contributed by atoms with Gasteiger partial charge >= 0.3 is 0 Å². The van der Waals surface area contributed by atoms with Crippen molar-refractivity contribution in [1.29, 1.82) is 5.41 Å². The zero-order chi connectivity index (χ0) is 23.5. The van der Waals surface area contributed by atoms with Gasteiger partial charge in [-0.3, -0.25) is 24.6 Å². The van der Waals surface area contributed by atoms with Gasteiger partial charge < -0.3 is 20.2 Å². The molecule has 0 aliphatic carbocycles. The summed E-state index contributed by atoms with van der Waals surface area (Å²) in [5.74, 6) is 0.382. The maximum atomic E-state index is 12.9. The predicted molar refractivity (Wildman–Crippen MR) is 122 cm³/mol. The van der Waals surface area contributed by atoms with Crippen LogP contribution in [-0.2, 0) is 16.1 Å². The van der Waals surface area contributed by atoms with E-state index in [0.29, 0.717) is 35.6 Å². The summed E-state index contributed by atoms with van der Waals surface area (Å²) >= 11 is 0. The lowest BCUT2D eigenvalue weighted by molar-refractivity contribution is -0.136. The molecule has 3 aliphatic rings. The van der Waals surface area contributed by atoms with Crippen molar-refractivity contribution < 1.29 is 24.2 Å². The van der Waals surface area contributed by atoms with E-state index in [-0.39, 0.29) is 37.1 Å². The Hall–Kier alpha value is -3.20. The fourth-order valence-corrected chi connectivity index (χ4v) is 4.61. The maximum absolute atomic E-state index is 12.9. The van der Waals surface area contributed by atoms with Gasteiger partial charge in [0.2, 0.25) is 11.8 Å². The quantitative estimate of drug-likeness (QED) is 0.276. The molecular weight excluding hydrogens is 424 g/mol. The smallest absolute Gasteiger partial charge is 0.269 e. The number of hydrogen-bond acceptors (Lipinski definition) is 6. The molecule has 2 saturated heterocycles. The summed E-state index contributed by atoms with van der Waals surface area (Å²) in [6.07, 6.45) is 4.32. The van der Waals surface area contributed by atoms with Crippen molar-refractivity contribution in [3.8, 4) is 5.75 Å². The number of ether oxygens (including phenoxy) is 1. The molecule has 1 atom stereocenters. The Balaban J connectivity index is 1.36. The van der Waals surface area contributed by atoms with Crippen LogP contribution in [0.3, 0.4) is 0 Å². The number of imide groups is 1. The van der Waals surface area contributed by atoms with Crippen LogP contribution in [-0.4, -0.2) is 70.6 Å². The van der Waals surface area contributed by atoms with Gasteiger partial charge in [0.15, 0.2) is 6.61 Å². The normalized spacial score (nSPS) is 22.3. The molecule has 4 N–H and O–H groups in total. The van der Waals surface area contributed by atoms with Crippen molar-refractivity contribution in [2.24, 2.45) is 5.92 Å². The van der Waals surface area contributed by atoms with E-state index < -0.39 is 11.9 Å². The average Bonchev–Trinajstić information content (AvgIpc) is 3.11. The lowest BCUT2D eigenvalue weighted by Crippen LogP contribution is -2.52. The molecule has 0 saturated carbocycles. The van der Waals surface area contributed by atoms with Gasteiger partial charge in [-0.1, -0.05) is 13.0 Å². The van der Waals surface area contributed by atoms with E-state index in [0.717, 1.165) is 31.8 Å². The SMILES string of the molecule is CC1CCN(CC(=N)/C=C(\[OH2+])COc2cccc3c2CN(C2CCC(=O)NC2=O)C3=O)CC1. The highest BCUT2D eigenvalue weighted by Gasteiger charge is 2.40. The standard InChI is InChI=1S/C24H30N4O5/c1-15-7-9-27(10-8-15)12-16(25)11-17(29)14-33-21-4-2-3-18-19(21)13-28(24(18)32)20-5-6-22(30)26-23(20)31/h2-4,11,15,20,25,29H,5-10,12-14H2,1H3,(H,26,30,31)/p+1/b17-11-,25-16?. The van der Waals surface area contributed by atoms with Crippen LogP contribution in [0.2, 0.25) is 0 Å². The van der Waals surface area contributed by atoms with Crippen LogP contribution in [0.5, 0.6) is 5.75 Å². The van der Waals surface area contributed by atoms with Gasteiger partial charge in [-0.15, -0.1) is 0 Å². The molecule has 1 aromatic carbocycles. The van der Waals surface area contributed by atoms with Gasteiger partial charge in [0.05, 0.1) is 18.3 Å². The third-order valence-corrected chi connectivity index (χ3v) is 6.54. The first-order valence-electron chi connectivity index (χ1n) is 11.4. The number of nitrogens with one attached hydrogen (secondary N) is 2. The van der Waals surface area contributed by atoms with Crippen LogP contribution in [0.1, 0.15) is 48.5 Å². The van der Waals surface area contributed by atoms with E-state index in [9.17, 15) is 14.4 Å². The highest BCUT2D eigenvalue weighted by Crippen LogP contribution is 2.33. The fraction of sp³-hybridized carbons (Fsp3) is 0.500. The number of carbonyl (C=O) groups is 3. The first-order chi connectivity index (χ1) is 15.8. The summed E-state index contributed by atoms with van der Waals surface area (Å²) < 4.78 is 5.84. The highest BCUT2D eigenvalue weighted by molar-refractivity contribution is 6.05. The number of likely N-dealkylation sites (tertiary alicyclic amines) is 1. The minimum atomic E-state index is -0.680. The molecule has 4 rings (SSSR count). The predicted octanol–water partition coefficient (Wildman–Crippen LogP) is 1.19. The zero-order valence-electron chi connectivity index (χ0n) is 18.9. The second kappa shape index (κ2) is 9.74. The Morgan fingerprint density at radius 1 is 1.24 bits per heavy atom. The van der Waals surface area contributed by atoms with Crippen LogP contribution >= 0.6 is 0 Å². The molecule has 3 heterocycles. The van der Waals surface area contributed by atoms with Crippen LogP contribution in [0.25, 0.3) is 0 Å². The van der Waals surface area contributed by atoms with E-state index in [1.165, 1.54) is 11.0 Å². The lowest BCUT2D eigenvalue weighted by Gasteiger charge is -2.29. The van der Waals surface area contributed by atoms with Crippen LogP contribution in [0, 0.1) is 11.3 Å². The molecular formula is C24H31N4O5+. The molecule has 3 aliphatic heterocycles. The van der Waals surface area contributed by atoms with Crippen LogP contribution in [0.15, 0.2) is 30.0 Å². The van der Waals surface area contributed by atoms with Crippen molar-refractivity contribution in [3.63, 3.8) is 0 Å². The van der Waals surface area contributed by atoms with Gasteiger partial charge in [0.1, 0.15) is 11.8 Å². The molecule has 33 heavy (non-hydrogen) atoms. The van der Waals surface area contributed by atoms with Gasteiger partial charge in [-0.2, -0.15) is 0 Å². The number of piperidine rings is 2. The molecule has 3 amide bonds. The van der Waals surface area contributed by atoms with E-state index in [2.05, 4.69) is 17.1 Å². The van der Waals surface area contributed by atoms with E-state index in [1.807, 2.05) is 0 Å².